The number of benzene rings is 2. The van der Waals surface area contributed by atoms with Crippen molar-refractivity contribution in [3.8, 4) is 0 Å². The highest BCUT2D eigenvalue weighted by atomic mass is 33.5. The maximum atomic E-state index is 13.1. The number of thiol groups is 1. The molecule has 0 radical (unpaired) electrons. The minimum Gasteiger partial charge on any atom is -0.448 e. The largest absolute Gasteiger partial charge is 0.448 e. The van der Waals surface area contributed by atoms with Gasteiger partial charge in [-0.15, -0.1) is 30.5 Å². The molecule has 0 spiro atoms. The monoisotopic (exact) mass is 431 g/mol. The lowest BCUT2D eigenvalue weighted by molar-refractivity contribution is -0.151. The van der Waals surface area contributed by atoms with Gasteiger partial charge in [-0.2, -0.15) is 0 Å². The average molecular weight is 432 g/mol. The van der Waals surface area contributed by atoms with Crippen LogP contribution in [0.25, 0.3) is 0 Å². The van der Waals surface area contributed by atoms with Crippen LogP contribution in [-0.2, 0) is 14.3 Å². The summed E-state index contributed by atoms with van der Waals surface area (Å²) in [5.41, 5.74) is 2.13. The average Bonchev–Trinajstić information content (AvgIpc) is 2.73. The van der Waals surface area contributed by atoms with E-state index in [0.717, 1.165) is 11.1 Å². The highest BCUT2D eigenvalue weighted by Gasteiger charge is 2.51. The molecule has 2 aromatic rings. The molecule has 2 aliphatic heterocycles. The normalized spacial score (nSPS) is 26.0. The lowest BCUT2D eigenvalue weighted by atomic mass is 10.0. The van der Waals surface area contributed by atoms with Crippen molar-refractivity contribution in [1.82, 2.24) is 4.90 Å². The molecule has 0 aliphatic carbocycles. The van der Waals surface area contributed by atoms with Crippen LogP contribution in [0.1, 0.15) is 23.7 Å². The Balaban J connectivity index is 1.63. The number of rotatable bonds is 5. The number of esters is 1. The minimum absolute atomic E-state index is 0.00205. The Morgan fingerprint density at radius 2 is 1.71 bits per heavy atom. The van der Waals surface area contributed by atoms with Crippen LogP contribution in [0.5, 0.6) is 0 Å². The fraction of sp³-hybridized carbons (Fsp3) is 0.238. The van der Waals surface area contributed by atoms with Gasteiger partial charge in [0, 0.05) is 5.75 Å². The standard InChI is InChI=1S/C21H21NO3S3/c1-27-28(26)13-12-17(22-18(23)14-19(22)28)21(24)25-20(15-8-4-2-5-9-15)16-10-6-3-7-11-16/h2-12,19-20,26H,13-14H2,1H3. The smallest absolute Gasteiger partial charge is 0.355 e. The first-order valence-electron chi connectivity index (χ1n) is 8.94. The summed E-state index contributed by atoms with van der Waals surface area (Å²) in [6.45, 7) is 0. The van der Waals surface area contributed by atoms with Crippen LogP contribution in [0, 0.1) is 0 Å². The molecule has 2 unspecified atom stereocenters. The van der Waals surface area contributed by atoms with E-state index in [1.165, 1.54) is 0 Å². The zero-order valence-electron chi connectivity index (χ0n) is 15.4. The number of β-lactam (4-membered cyclic amide) rings is 1. The summed E-state index contributed by atoms with van der Waals surface area (Å²) in [7, 11) is 0.372. The third-order valence-electron chi connectivity index (χ3n) is 5.03. The molecule has 4 rings (SSSR count). The molecular formula is C21H21NO3S3. The first-order chi connectivity index (χ1) is 13.5. The van der Waals surface area contributed by atoms with Crippen molar-refractivity contribution in [3.63, 3.8) is 0 Å². The summed E-state index contributed by atoms with van der Waals surface area (Å²) in [6.07, 6.45) is 3.76. The fourth-order valence-corrected chi connectivity index (χ4v) is 7.90. The third-order valence-corrected chi connectivity index (χ3v) is 12.8. The summed E-state index contributed by atoms with van der Waals surface area (Å²) in [4.78, 5) is 26.9. The number of fused-ring (bicyclic) bond motifs is 1. The van der Waals surface area contributed by atoms with Gasteiger partial charge in [-0.3, -0.25) is 9.69 Å². The number of nitrogens with zero attached hydrogens (tertiary/aromatic N) is 1. The van der Waals surface area contributed by atoms with E-state index in [4.69, 9.17) is 16.4 Å². The van der Waals surface area contributed by atoms with E-state index in [1.54, 1.807) is 15.7 Å². The predicted octanol–water partition coefficient (Wildman–Crippen LogP) is 4.70. The number of hydrogen-bond acceptors (Lipinski definition) is 5. The Morgan fingerprint density at radius 1 is 1.14 bits per heavy atom. The van der Waals surface area contributed by atoms with Gasteiger partial charge in [-0.1, -0.05) is 60.7 Å². The summed E-state index contributed by atoms with van der Waals surface area (Å²) in [5.74, 6) is 0.188. The molecule has 0 saturated carbocycles. The van der Waals surface area contributed by atoms with Crippen molar-refractivity contribution >= 4 is 42.4 Å². The molecule has 0 bridgehead atoms. The molecule has 0 N–H and O–H groups in total. The van der Waals surface area contributed by atoms with E-state index in [0.29, 0.717) is 17.9 Å². The molecule has 7 heteroatoms. The maximum Gasteiger partial charge on any atom is 0.355 e. The predicted molar refractivity (Wildman–Crippen MR) is 119 cm³/mol. The number of hydrogen-bond donors (Lipinski definition) is 1. The second-order valence-corrected chi connectivity index (χ2v) is 14.7. The number of ether oxygens (including phenoxy) is 1. The summed E-state index contributed by atoms with van der Waals surface area (Å²) >= 11 is 4.85. The van der Waals surface area contributed by atoms with E-state index in [1.807, 2.05) is 73.0 Å². The number of carbonyl (C=O) groups is 2. The summed E-state index contributed by atoms with van der Waals surface area (Å²) in [6, 6.07) is 19.3. The van der Waals surface area contributed by atoms with E-state index in [2.05, 4.69) is 0 Å². The van der Waals surface area contributed by atoms with E-state index in [9.17, 15) is 9.59 Å². The molecule has 2 aromatic carbocycles. The Hall–Kier alpha value is -1.83. The van der Waals surface area contributed by atoms with Crippen molar-refractivity contribution in [2.45, 2.75) is 17.9 Å². The van der Waals surface area contributed by atoms with Crippen molar-refractivity contribution < 1.29 is 14.3 Å². The molecule has 2 heterocycles. The first-order valence-corrected chi connectivity index (χ1v) is 13.6. The van der Waals surface area contributed by atoms with Gasteiger partial charge in [0.25, 0.3) is 0 Å². The molecule has 1 fully saturated rings. The van der Waals surface area contributed by atoms with Crippen molar-refractivity contribution in [2.75, 3.05) is 12.0 Å². The van der Waals surface area contributed by atoms with Crippen molar-refractivity contribution in [2.24, 2.45) is 0 Å². The highest BCUT2D eigenvalue weighted by molar-refractivity contribution is 9.21. The Bertz CT molecular complexity index is 880. The zero-order valence-corrected chi connectivity index (χ0v) is 17.9. The van der Waals surface area contributed by atoms with Gasteiger partial charge >= 0.3 is 5.97 Å². The van der Waals surface area contributed by atoms with Crippen molar-refractivity contribution in [1.29, 1.82) is 0 Å². The van der Waals surface area contributed by atoms with Crippen LogP contribution in [0.4, 0.5) is 0 Å². The van der Waals surface area contributed by atoms with Gasteiger partial charge in [-0.25, -0.2) is 4.79 Å². The van der Waals surface area contributed by atoms with Crippen LogP contribution < -0.4 is 0 Å². The first kappa shape index (κ1) is 19.5. The minimum atomic E-state index is -1.32. The van der Waals surface area contributed by atoms with E-state index < -0.39 is 20.2 Å². The lowest BCUT2D eigenvalue weighted by Crippen LogP contribution is -2.56. The number of amides is 1. The molecule has 4 nitrogen and oxygen atoms in total. The molecule has 2 aliphatic rings. The van der Waals surface area contributed by atoms with Crippen LogP contribution in [0.3, 0.4) is 0 Å². The summed E-state index contributed by atoms with van der Waals surface area (Å²) < 4.78 is 5.94. The summed E-state index contributed by atoms with van der Waals surface area (Å²) in [5, 5.41) is -0.00205. The van der Waals surface area contributed by atoms with Crippen LogP contribution in [0.2, 0.25) is 0 Å². The van der Waals surface area contributed by atoms with Gasteiger partial charge in [0.1, 0.15) is 5.70 Å². The second-order valence-electron chi connectivity index (χ2n) is 6.64. The third kappa shape index (κ3) is 3.47. The molecule has 2 atom stereocenters. The number of carbonyl (C=O) groups excluding carboxylic acids is 2. The zero-order chi connectivity index (χ0) is 19.7. The quantitative estimate of drug-likeness (QED) is 0.323. The Labute approximate surface area is 174 Å². The van der Waals surface area contributed by atoms with Gasteiger partial charge in [0.05, 0.1) is 11.8 Å². The lowest BCUT2D eigenvalue weighted by Gasteiger charge is -2.54. The van der Waals surface area contributed by atoms with Crippen LogP contribution >= 0.6 is 30.5 Å². The molecule has 28 heavy (non-hydrogen) atoms. The molecular weight excluding hydrogens is 410 g/mol. The maximum absolute atomic E-state index is 13.1. The van der Waals surface area contributed by atoms with Gasteiger partial charge in [-0.05, 0) is 23.5 Å². The second kappa shape index (κ2) is 7.89. The van der Waals surface area contributed by atoms with Crippen molar-refractivity contribution in [3.05, 3.63) is 83.6 Å². The van der Waals surface area contributed by atoms with Gasteiger partial charge in [0.2, 0.25) is 5.91 Å². The molecule has 1 saturated heterocycles. The van der Waals surface area contributed by atoms with Crippen LogP contribution in [0.15, 0.2) is 72.4 Å². The van der Waals surface area contributed by atoms with Gasteiger partial charge in [0.15, 0.2) is 6.10 Å². The molecule has 1 amide bonds. The molecule has 146 valence electrons. The van der Waals surface area contributed by atoms with Crippen LogP contribution in [-0.4, -0.2) is 34.2 Å². The Morgan fingerprint density at radius 3 is 2.21 bits per heavy atom. The van der Waals surface area contributed by atoms with Gasteiger partial charge < -0.3 is 4.74 Å². The van der Waals surface area contributed by atoms with E-state index >= 15 is 0 Å². The topological polar surface area (TPSA) is 46.6 Å². The molecule has 0 aromatic heterocycles. The Kier molecular flexibility index (Phi) is 5.49. The SMILES string of the molecule is CSS1(S)CC=C(C(=O)OC(c2ccccc2)c2ccccc2)N2C(=O)CC21. The fourth-order valence-electron chi connectivity index (χ4n) is 3.49. The van der Waals surface area contributed by atoms with E-state index in [-0.39, 0.29) is 11.3 Å². The highest BCUT2D eigenvalue weighted by Crippen LogP contribution is 2.71.